The second-order valence-corrected chi connectivity index (χ2v) is 4.67. The molecule has 0 aromatic heterocycles. The van der Waals surface area contributed by atoms with Gasteiger partial charge < -0.3 is 9.84 Å². The van der Waals surface area contributed by atoms with E-state index in [9.17, 15) is 4.79 Å². The van der Waals surface area contributed by atoms with Gasteiger partial charge in [0.1, 0.15) is 5.75 Å². The average Bonchev–Trinajstić information content (AvgIpc) is 2.38. The maximum Gasteiger partial charge on any atom is 0.304 e. The number of carboxylic acid groups (broad SMARTS) is 1. The number of hydrogen-bond donors (Lipinski definition) is 1. The normalized spacial score (nSPS) is 11.1. The summed E-state index contributed by atoms with van der Waals surface area (Å²) in [6.45, 7) is 8.10. The van der Waals surface area contributed by atoms with Crippen LogP contribution in [0, 0.1) is 11.8 Å². The minimum atomic E-state index is -0.848. The van der Waals surface area contributed by atoms with Crippen LogP contribution in [0.25, 0.3) is 0 Å². The standard InChI is InChI=1S/C17H20O3/c1-4-5-15(12-17(18)19)14-6-8-16(9-7-14)20-11-10-13(2)3/h6-9,15H,2,10-12H2,1,3H3,(H,18,19)/t15-/m1/s1. The quantitative estimate of drug-likeness (QED) is 0.609. The van der Waals surface area contributed by atoms with E-state index in [4.69, 9.17) is 9.84 Å². The Kier molecular flexibility index (Phi) is 6.39. The van der Waals surface area contributed by atoms with Gasteiger partial charge in [-0.2, -0.15) is 0 Å². The van der Waals surface area contributed by atoms with E-state index in [2.05, 4.69) is 18.4 Å². The zero-order valence-electron chi connectivity index (χ0n) is 12.0. The molecule has 0 heterocycles. The summed E-state index contributed by atoms with van der Waals surface area (Å²) in [5.74, 6) is 5.35. The predicted octanol–water partition coefficient (Wildman–Crippen LogP) is 3.61. The first-order valence-electron chi connectivity index (χ1n) is 6.54. The first-order chi connectivity index (χ1) is 9.52. The summed E-state index contributed by atoms with van der Waals surface area (Å²) in [6.07, 6.45) is 0.835. The van der Waals surface area contributed by atoms with Crippen LogP contribution in [0.5, 0.6) is 5.75 Å². The highest BCUT2D eigenvalue weighted by Gasteiger charge is 2.12. The summed E-state index contributed by atoms with van der Waals surface area (Å²) < 4.78 is 5.58. The van der Waals surface area contributed by atoms with Gasteiger partial charge in [0.05, 0.1) is 18.9 Å². The number of aliphatic carboxylic acids is 1. The van der Waals surface area contributed by atoms with Crippen LogP contribution < -0.4 is 4.74 Å². The first-order valence-corrected chi connectivity index (χ1v) is 6.54. The van der Waals surface area contributed by atoms with E-state index >= 15 is 0 Å². The van der Waals surface area contributed by atoms with E-state index in [0.29, 0.717) is 6.61 Å². The summed E-state index contributed by atoms with van der Waals surface area (Å²) in [5, 5.41) is 8.89. The lowest BCUT2D eigenvalue weighted by molar-refractivity contribution is -0.137. The number of carboxylic acids is 1. The van der Waals surface area contributed by atoms with Crippen molar-refractivity contribution in [3.8, 4) is 17.6 Å². The van der Waals surface area contributed by atoms with Crippen molar-refractivity contribution in [1.82, 2.24) is 0 Å². The van der Waals surface area contributed by atoms with E-state index in [1.807, 2.05) is 31.2 Å². The monoisotopic (exact) mass is 272 g/mol. The molecule has 0 aliphatic carbocycles. The molecule has 1 N–H and O–H groups in total. The third-order valence-electron chi connectivity index (χ3n) is 2.78. The number of benzene rings is 1. The van der Waals surface area contributed by atoms with Crippen LogP contribution in [0.1, 0.15) is 38.2 Å². The molecule has 0 aliphatic rings. The lowest BCUT2D eigenvalue weighted by Gasteiger charge is -2.10. The van der Waals surface area contributed by atoms with Crippen molar-refractivity contribution in [1.29, 1.82) is 0 Å². The van der Waals surface area contributed by atoms with Gasteiger partial charge in [-0.3, -0.25) is 4.79 Å². The number of hydrogen-bond acceptors (Lipinski definition) is 2. The van der Waals surface area contributed by atoms with Gasteiger partial charge >= 0.3 is 5.97 Å². The molecule has 0 radical (unpaired) electrons. The molecular formula is C17H20O3. The van der Waals surface area contributed by atoms with Crippen LogP contribution >= 0.6 is 0 Å². The maximum atomic E-state index is 10.8. The Hall–Kier alpha value is -2.21. The molecule has 1 atom stereocenters. The minimum absolute atomic E-state index is 0.0106. The van der Waals surface area contributed by atoms with E-state index in [0.717, 1.165) is 23.3 Å². The van der Waals surface area contributed by atoms with E-state index in [1.165, 1.54) is 0 Å². The molecule has 3 nitrogen and oxygen atoms in total. The number of carbonyl (C=O) groups is 1. The van der Waals surface area contributed by atoms with Gasteiger partial charge in [0.2, 0.25) is 0 Å². The molecule has 0 spiro atoms. The van der Waals surface area contributed by atoms with Crippen molar-refractivity contribution in [2.45, 2.75) is 32.6 Å². The van der Waals surface area contributed by atoms with Crippen molar-refractivity contribution in [2.75, 3.05) is 6.61 Å². The van der Waals surface area contributed by atoms with Crippen molar-refractivity contribution >= 4 is 5.97 Å². The van der Waals surface area contributed by atoms with Gasteiger partial charge in [-0.25, -0.2) is 0 Å². The van der Waals surface area contributed by atoms with Crippen LogP contribution in [0.4, 0.5) is 0 Å². The highest BCUT2D eigenvalue weighted by atomic mass is 16.5. The van der Waals surface area contributed by atoms with Crippen molar-refractivity contribution in [3.63, 3.8) is 0 Å². The zero-order chi connectivity index (χ0) is 15.0. The Morgan fingerprint density at radius 2 is 2.05 bits per heavy atom. The Morgan fingerprint density at radius 1 is 1.40 bits per heavy atom. The van der Waals surface area contributed by atoms with Crippen molar-refractivity contribution in [3.05, 3.63) is 42.0 Å². The van der Waals surface area contributed by atoms with Gasteiger partial charge in [-0.15, -0.1) is 12.5 Å². The average molecular weight is 272 g/mol. The Morgan fingerprint density at radius 3 is 2.55 bits per heavy atom. The fraction of sp³-hybridized carbons (Fsp3) is 0.353. The zero-order valence-corrected chi connectivity index (χ0v) is 12.0. The molecule has 20 heavy (non-hydrogen) atoms. The van der Waals surface area contributed by atoms with E-state index in [-0.39, 0.29) is 12.3 Å². The fourth-order valence-electron chi connectivity index (χ4n) is 1.74. The summed E-state index contributed by atoms with van der Waals surface area (Å²) in [4.78, 5) is 10.8. The molecule has 0 bridgehead atoms. The second kappa shape index (κ2) is 8.06. The number of ether oxygens (including phenoxy) is 1. The molecule has 0 unspecified atom stereocenters. The van der Waals surface area contributed by atoms with Crippen LogP contribution in [-0.4, -0.2) is 17.7 Å². The van der Waals surface area contributed by atoms with E-state index in [1.54, 1.807) is 6.92 Å². The molecule has 3 heteroatoms. The molecule has 106 valence electrons. The minimum Gasteiger partial charge on any atom is -0.493 e. The third kappa shape index (κ3) is 5.62. The van der Waals surface area contributed by atoms with Crippen LogP contribution in [0.3, 0.4) is 0 Å². The summed E-state index contributed by atoms with van der Waals surface area (Å²) in [6, 6.07) is 7.43. The van der Waals surface area contributed by atoms with Crippen molar-refractivity contribution < 1.29 is 14.6 Å². The topological polar surface area (TPSA) is 46.5 Å². The van der Waals surface area contributed by atoms with E-state index < -0.39 is 5.97 Å². The van der Waals surface area contributed by atoms with Gasteiger partial charge in [-0.1, -0.05) is 23.6 Å². The van der Waals surface area contributed by atoms with Gasteiger partial charge in [-0.05, 0) is 31.5 Å². The molecule has 1 aromatic carbocycles. The lowest BCUT2D eigenvalue weighted by Crippen LogP contribution is -2.04. The van der Waals surface area contributed by atoms with Gasteiger partial charge in [0.25, 0.3) is 0 Å². The van der Waals surface area contributed by atoms with Crippen molar-refractivity contribution in [2.24, 2.45) is 0 Å². The predicted molar refractivity (Wildman–Crippen MR) is 79.8 cm³/mol. The van der Waals surface area contributed by atoms with Gasteiger partial charge in [0.15, 0.2) is 0 Å². The largest absolute Gasteiger partial charge is 0.493 e. The second-order valence-electron chi connectivity index (χ2n) is 4.67. The molecule has 1 rings (SSSR count). The lowest BCUT2D eigenvalue weighted by atomic mass is 9.96. The van der Waals surface area contributed by atoms with Gasteiger partial charge in [0, 0.05) is 6.42 Å². The fourth-order valence-corrected chi connectivity index (χ4v) is 1.74. The third-order valence-corrected chi connectivity index (χ3v) is 2.78. The molecule has 0 fully saturated rings. The summed E-state index contributed by atoms with van der Waals surface area (Å²) in [7, 11) is 0. The highest BCUT2D eigenvalue weighted by Crippen LogP contribution is 2.22. The van der Waals surface area contributed by atoms with Crippen LogP contribution in [0.15, 0.2) is 36.4 Å². The van der Waals surface area contributed by atoms with Crippen LogP contribution in [0.2, 0.25) is 0 Å². The van der Waals surface area contributed by atoms with Crippen LogP contribution in [-0.2, 0) is 4.79 Å². The molecule has 0 amide bonds. The smallest absolute Gasteiger partial charge is 0.304 e. The molecule has 0 aliphatic heterocycles. The first kappa shape index (κ1) is 15.8. The Labute approximate surface area is 120 Å². The SMILES string of the molecule is C=C(C)CCOc1ccc([C@H](C#CC)CC(=O)O)cc1. The Balaban J connectivity index is 2.69. The Bertz CT molecular complexity index is 517. The number of rotatable bonds is 7. The molecule has 1 aromatic rings. The summed E-state index contributed by atoms with van der Waals surface area (Å²) in [5.41, 5.74) is 1.98. The molecular weight excluding hydrogens is 252 g/mol. The highest BCUT2D eigenvalue weighted by molar-refractivity contribution is 5.69. The summed E-state index contributed by atoms with van der Waals surface area (Å²) >= 11 is 0. The molecule has 0 saturated heterocycles. The molecule has 0 saturated carbocycles. The maximum absolute atomic E-state index is 10.8.